The van der Waals surface area contributed by atoms with Crippen LogP contribution in [-0.2, 0) is 9.53 Å². The second-order valence-corrected chi connectivity index (χ2v) is 6.11. The van der Waals surface area contributed by atoms with Crippen molar-refractivity contribution in [2.45, 2.75) is 31.3 Å². The van der Waals surface area contributed by atoms with E-state index >= 15 is 0 Å². The molecule has 0 bridgehead atoms. The molecule has 21 heavy (non-hydrogen) atoms. The van der Waals surface area contributed by atoms with Crippen LogP contribution in [0, 0.1) is 0 Å². The number of thiocarbonyl (C=S) groups is 1. The number of ether oxygens (including phenoxy) is 1. The summed E-state index contributed by atoms with van der Waals surface area (Å²) in [6, 6.07) is 7.50. The maximum Gasteiger partial charge on any atom is 0.306 e. The van der Waals surface area contributed by atoms with E-state index in [9.17, 15) is 4.79 Å². The highest BCUT2D eigenvalue weighted by Crippen LogP contribution is 2.30. The van der Waals surface area contributed by atoms with Crippen LogP contribution in [0.2, 0.25) is 5.02 Å². The third-order valence-corrected chi connectivity index (χ3v) is 3.93. The number of nitrogens with one attached hydrogen (secondary N) is 3. The number of carbonyl (C=O) groups is 1. The zero-order chi connectivity index (χ0) is 15.5. The summed E-state index contributed by atoms with van der Waals surface area (Å²) in [5.41, 5.74) is 6.59. The maximum absolute atomic E-state index is 11.7. The molecule has 1 fully saturated rings. The molecule has 1 saturated heterocycles. The molecule has 0 amide bonds. The summed E-state index contributed by atoms with van der Waals surface area (Å²) in [5.74, 6) is -0.255. The topological polar surface area (TPSA) is 62.4 Å². The summed E-state index contributed by atoms with van der Waals surface area (Å²) in [5, 5.41) is 4.38. The van der Waals surface area contributed by atoms with Gasteiger partial charge in [-0.3, -0.25) is 10.2 Å². The number of hydrazine groups is 1. The van der Waals surface area contributed by atoms with Crippen LogP contribution >= 0.6 is 23.8 Å². The molecule has 1 aromatic rings. The van der Waals surface area contributed by atoms with Crippen LogP contribution in [0.25, 0.3) is 0 Å². The van der Waals surface area contributed by atoms with Crippen LogP contribution in [-0.4, -0.2) is 23.9 Å². The van der Waals surface area contributed by atoms with E-state index in [0.717, 1.165) is 5.56 Å². The highest BCUT2D eigenvalue weighted by atomic mass is 35.5. The van der Waals surface area contributed by atoms with E-state index in [2.05, 4.69) is 16.2 Å². The molecule has 7 heteroatoms. The van der Waals surface area contributed by atoms with Crippen molar-refractivity contribution in [3.05, 3.63) is 34.9 Å². The standard InChI is InChI=1S/C14H18ClN3O2S/c1-14(16-13(21)17-18-14)8-10(7-12(19)20-2)9-3-5-11(15)6-4-9/h3-6,10,18H,7-8H2,1-2H3,(H2,16,17,21). The lowest BCUT2D eigenvalue weighted by Crippen LogP contribution is -2.48. The Morgan fingerprint density at radius 1 is 1.43 bits per heavy atom. The molecule has 1 aliphatic heterocycles. The van der Waals surface area contributed by atoms with Crippen molar-refractivity contribution in [1.82, 2.24) is 16.2 Å². The largest absolute Gasteiger partial charge is 0.469 e. The summed E-state index contributed by atoms with van der Waals surface area (Å²) in [6.07, 6.45) is 0.959. The molecular formula is C14H18ClN3O2S. The minimum Gasteiger partial charge on any atom is -0.469 e. The molecule has 3 N–H and O–H groups in total. The SMILES string of the molecule is COC(=O)CC(CC1(C)NNC(=S)N1)c1ccc(Cl)cc1. The first-order valence-electron chi connectivity index (χ1n) is 6.59. The van der Waals surface area contributed by atoms with Gasteiger partial charge in [0, 0.05) is 5.02 Å². The average Bonchev–Trinajstić information content (AvgIpc) is 2.78. The highest BCUT2D eigenvalue weighted by molar-refractivity contribution is 7.80. The van der Waals surface area contributed by atoms with Crippen molar-refractivity contribution >= 4 is 34.9 Å². The maximum atomic E-state index is 11.7. The van der Waals surface area contributed by atoms with Crippen molar-refractivity contribution < 1.29 is 9.53 Å². The fraction of sp³-hybridized carbons (Fsp3) is 0.429. The Labute approximate surface area is 134 Å². The van der Waals surface area contributed by atoms with E-state index in [4.69, 9.17) is 28.6 Å². The van der Waals surface area contributed by atoms with Crippen LogP contribution in [0.1, 0.15) is 31.2 Å². The number of benzene rings is 1. The van der Waals surface area contributed by atoms with Gasteiger partial charge in [-0.05, 0) is 49.2 Å². The van der Waals surface area contributed by atoms with E-state index in [1.807, 2.05) is 31.2 Å². The summed E-state index contributed by atoms with van der Waals surface area (Å²) in [7, 11) is 1.39. The van der Waals surface area contributed by atoms with Gasteiger partial charge in [-0.15, -0.1) is 0 Å². The predicted octanol–water partition coefficient (Wildman–Crippen LogP) is 2.08. The van der Waals surface area contributed by atoms with Gasteiger partial charge in [-0.1, -0.05) is 23.7 Å². The van der Waals surface area contributed by atoms with Crippen LogP contribution in [0.4, 0.5) is 0 Å². The molecule has 0 radical (unpaired) electrons. The summed E-state index contributed by atoms with van der Waals surface area (Å²) in [6.45, 7) is 1.99. The number of carbonyl (C=O) groups excluding carboxylic acids is 1. The highest BCUT2D eigenvalue weighted by Gasteiger charge is 2.34. The van der Waals surface area contributed by atoms with Gasteiger partial charge in [-0.2, -0.15) is 0 Å². The lowest BCUT2D eigenvalue weighted by atomic mass is 9.87. The Balaban J connectivity index is 2.17. The van der Waals surface area contributed by atoms with Crippen LogP contribution in [0.5, 0.6) is 0 Å². The van der Waals surface area contributed by atoms with Gasteiger partial charge in [0.2, 0.25) is 0 Å². The fourth-order valence-corrected chi connectivity index (χ4v) is 2.83. The Hall–Kier alpha value is -1.37. The number of esters is 1. The van der Waals surface area contributed by atoms with Gasteiger partial charge in [-0.25, -0.2) is 5.43 Å². The van der Waals surface area contributed by atoms with E-state index in [-0.39, 0.29) is 11.9 Å². The molecule has 2 rings (SSSR count). The molecule has 0 aliphatic carbocycles. The third kappa shape index (κ3) is 4.30. The van der Waals surface area contributed by atoms with Crippen molar-refractivity contribution in [3.8, 4) is 0 Å². The Kier molecular flexibility index (Phi) is 5.03. The van der Waals surface area contributed by atoms with Gasteiger partial charge in [0.1, 0.15) is 5.66 Å². The number of methoxy groups -OCH3 is 1. The molecule has 1 aliphatic rings. The molecule has 1 aromatic carbocycles. The van der Waals surface area contributed by atoms with Crippen molar-refractivity contribution in [2.24, 2.45) is 0 Å². The van der Waals surface area contributed by atoms with E-state index in [0.29, 0.717) is 23.0 Å². The van der Waals surface area contributed by atoms with E-state index in [1.54, 1.807) is 0 Å². The molecule has 5 nitrogen and oxygen atoms in total. The Morgan fingerprint density at radius 2 is 2.10 bits per heavy atom. The predicted molar refractivity (Wildman–Crippen MR) is 85.9 cm³/mol. The lowest BCUT2D eigenvalue weighted by Gasteiger charge is -2.28. The monoisotopic (exact) mass is 327 g/mol. The van der Waals surface area contributed by atoms with E-state index < -0.39 is 5.66 Å². The fourth-order valence-electron chi connectivity index (χ4n) is 2.43. The molecular weight excluding hydrogens is 310 g/mol. The van der Waals surface area contributed by atoms with Crippen molar-refractivity contribution in [2.75, 3.05) is 7.11 Å². The summed E-state index contributed by atoms with van der Waals surface area (Å²) >= 11 is 11.0. The molecule has 1 heterocycles. The molecule has 0 spiro atoms. The van der Waals surface area contributed by atoms with Crippen molar-refractivity contribution in [3.63, 3.8) is 0 Å². The van der Waals surface area contributed by atoms with Crippen LogP contribution < -0.4 is 16.2 Å². The molecule has 2 unspecified atom stereocenters. The smallest absolute Gasteiger partial charge is 0.306 e. The second kappa shape index (κ2) is 6.60. The minimum absolute atomic E-state index is 0.0117. The molecule has 0 aromatic heterocycles. The third-order valence-electron chi connectivity index (χ3n) is 3.48. The van der Waals surface area contributed by atoms with Gasteiger partial charge in [0.25, 0.3) is 0 Å². The van der Waals surface area contributed by atoms with Gasteiger partial charge >= 0.3 is 5.97 Å². The summed E-state index contributed by atoms with van der Waals surface area (Å²) in [4.78, 5) is 11.7. The first-order valence-corrected chi connectivity index (χ1v) is 7.38. The number of hydrogen-bond donors (Lipinski definition) is 3. The molecule has 114 valence electrons. The number of halogens is 1. The summed E-state index contributed by atoms with van der Waals surface area (Å²) < 4.78 is 4.80. The zero-order valence-corrected chi connectivity index (χ0v) is 13.5. The van der Waals surface area contributed by atoms with Gasteiger partial charge in [0.15, 0.2) is 5.11 Å². The average molecular weight is 328 g/mol. The second-order valence-electron chi connectivity index (χ2n) is 5.27. The van der Waals surface area contributed by atoms with Crippen molar-refractivity contribution in [1.29, 1.82) is 0 Å². The first-order chi connectivity index (χ1) is 9.92. The van der Waals surface area contributed by atoms with Crippen LogP contribution in [0.15, 0.2) is 24.3 Å². The molecule has 0 saturated carbocycles. The minimum atomic E-state index is -0.421. The van der Waals surface area contributed by atoms with E-state index in [1.165, 1.54) is 7.11 Å². The van der Waals surface area contributed by atoms with Gasteiger partial charge < -0.3 is 10.1 Å². The normalized spacial score (nSPS) is 22.3. The number of rotatable bonds is 5. The molecule has 2 atom stereocenters. The Bertz CT molecular complexity index is 538. The zero-order valence-electron chi connectivity index (χ0n) is 11.9. The van der Waals surface area contributed by atoms with Crippen LogP contribution in [0.3, 0.4) is 0 Å². The number of hydrogen-bond acceptors (Lipinski definition) is 4. The Morgan fingerprint density at radius 3 is 2.62 bits per heavy atom. The quantitative estimate of drug-likeness (QED) is 0.568. The lowest BCUT2D eigenvalue weighted by molar-refractivity contribution is -0.141. The first kappa shape index (κ1) is 16.0. The van der Waals surface area contributed by atoms with Gasteiger partial charge in [0.05, 0.1) is 13.5 Å².